The van der Waals surface area contributed by atoms with Gasteiger partial charge in [-0.15, -0.1) is 0 Å². The fraction of sp³-hybridized carbons (Fsp3) is 0.0455. The lowest BCUT2D eigenvalue weighted by molar-refractivity contribution is 0.346. The molecule has 0 aliphatic rings. The molecule has 1 radical (unpaired) electrons. The van der Waals surface area contributed by atoms with Gasteiger partial charge in [-0.2, -0.15) is 34.4 Å². The quantitative estimate of drug-likeness (QED) is 0.0371. The van der Waals surface area contributed by atoms with Crippen molar-refractivity contribution in [3.8, 4) is 28.5 Å². The molecule has 0 aliphatic carbocycles. The Kier molecular flexibility index (Phi) is 16.1. The lowest BCUT2D eigenvalue weighted by atomic mass is 10.0. The SMILES string of the molecule is Cc1cc(Cl)ccc1-c1nccc2cc(S(=O)(=O)Oc3c(F)c(F)c(F)c(F)c3F)ccc12.Cc1cc(Cl)ccc1O[B]O.O=S(=O)(Oc1c(F)c(F)c(F)c(F)c1F)c1ccc2c(Cl)nccc2c1. The number of hydrogen-bond donors (Lipinski definition) is 1. The fourth-order valence-electron chi connectivity index (χ4n) is 6.13. The maximum Gasteiger partial charge on any atom is 0.569 e. The van der Waals surface area contributed by atoms with Crippen LogP contribution in [0.5, 0.6) is 17.2 Å². The second-order valence-electron chi connectivity index (χ2n) is 14.0. The molecule has 0 bridgehead atoms. The van der Waals surface area contributed by atoms with Gasteiger partial charge >= 0.3 is 27.9 Å². The van der Waals surface area contributed by atoms with E-state index >= 15 is 0 Å². The van der Waals surface area contributed by atoms with Crippen molar-refractivity contribution in [2.45, 2.75) is 23.6 Å². The Balaban J connectivity index is 0.000000192. The normalized spacial score (nSPS) is 11.4. The van der Waals surface area contributed by atoms with Gasteiger partial charge in [0.1, 0.15) is 20.7 Å². The Morgan fingerprint density at radius 3 is 1.37 bits per heavy atom. The van der Waals surface area contributed by atoms with E-state index in [2.05, 4.69) is 18.3 Å². The standard InChI is InChI=1S/C22H11ClF5NO3S.C15H5ClF5NO3S.C7H7BClO2/c1-10-8-12(23)2-4-14(10)21-15-5-3-13(9-11(15)6-7-29-21)33(30,31)32-22-19(27)17(25)16(24)18(26)20(22)28;16-15-8-2-1-7(5-6(8)3-4-22-15)26(23,24)25-14-12(20)10(18)9(17)11(19)13(14)21;1-5-4-6(9)2-3-7(5)11-8-10/h2-9H,1H3;1-5H;2-4,10H,1H3. The molecule has 0 aliphatic heterocycles. The monoisotopic (exact) mass is 1080 g/mol. The zero-order chi connectivity index (χ0) is 51.6. The van der Waals surface area contributed by atoms with Crippen molar-refractivity contribution >= 4 is 84.3 Å². The average molecular weight is 1080 g/mol. The van der Waals surface area contributed by atoms with Gasteiger partial charge in [-0.3, -0.25) is 4.98 Å². The van der Waals surface area contributed by atoms with Crippen LogP contribution in [0.1, 0.15) is 11.1 Å². The Morgan fingerprint density at radius 1 is 0.500 bits per heavy atom. The Hall–Kier alpha value is -6.37. The number of aryl methyl sites for hydroxylation is 2. The summed E-state index contributed by atoms with van der Waals surface area (Å²) in [4.78, 5) is 6.97. The van der Waals surface area contributed by atoms with E-state index < -0.39 is 99.7 Å². The van der Waals surface area contributed by atoms with Gasteiger partial charge in [-0.05, 0) is 109 Å². The van der Waals surface area contributed by atoms with Crippen molar-refractivity contribution in [1.82, 2.24) is 9.97 Å². The third-order valence-electron chi connectivity index (χ3n) is 9.49. The molecular formula is C44H23BCl3F10N2O8S2. The Labute approximate surface area is 405 Å². The Morgan fingerprint density at radius 2 is 0.914 bits per heavy atom. The molecule has 0 amide bonds. The molecule has 8 aromatic rings. The smallest absolute Gasteiger partial charge is 0.537 e. The van der Waals surface area contributed by atoms with Gasteiger partial charge in [0.25, 0.3) is 0 Å². The van der Waals surface area contributed by atoms with E-state index in [1.165, 1.54) is 36.7 Å². The highest BCUT2D eigenvalue weighted by molar-refractivity contribution is 7.87. The highest BCUT2D eigenvalue weighted by Gasteiger charge is 2.33. The number of nitrogens with zero attached hydrogens (tertiary/aromatic N) is 2. The van der Waals surface area contributed by atoms with Gasteiger partial charge < -0.3 is 18.0 Å². The van der Waals surface area contributed by atoms with Crippen LogP contribution in [0.25, 0.3) is 32.8 Å². The molecule has 0 unspecified atom stereocenters. The molecule has 8 rings (SSSR count). The molecule has 6 aromatic carbocycles. The van der Waals surface area contributed by atoms with Crippen molar-refractivity contribution in [2.24, 2.45) is 0 Å². The Bertz CT molecular complexity index is 3550. The van der Waals surface area contributed by atoms with Crippen LogP contribution in [-0.4, -0.2) is 39.5 Å². The van der Waals surface area contributed by atoms with Crippen molar-refractivity contribution in [3.63, 3.8) is 0 Å². The zero-order valence-electron chi connectivity index (χ0n) is 34.7. The van der Waals surface area contributed by atoms with Gasteiger partial charge in [0.05, 0.1) is 5.69 Å². The van der Waals surface area contributed by atoms with Crippen molar-refractivity contribution in [2.75, 3.05) is 0 Å². The minimum atomic E-state index is -4.96. The third kappa shape index (κ3) is 11.1. The first kappa shape index (κ1) is 53.0. The van der Waals surface area contributed by atoms with Gasteiger partial charge in [-0.25, -0.2) is 31.3 Å². The summed E-state index contributed by atoms with van der Waals surface area (Å²) in [6.07, 6.45) is 2.71. The summed E-state index contributed by atoms with van der Waals surface area (Å²) in [7, 11) is -9.22. The summed E-state index contributed by atoms with van der Waals surface area (Å²) in [6.45, 7) is 3.67. The molecule has 0 atom stereocenters. The van der Waals surface area contributed by atoms with E-state index in [9.17, 15) is 60.7 Å². The molecule has 2 heterocycles. The first-order chi connectivity index (χ1) is 32.9. The highest BCUT2D eigenvalue weighted by atomic mass is 35.5. The van der Waals surface area contributed by atoms with Gasteiger partial charge in [0.15, 0.2) is 0 Å². The van der Waals surface area contributed by atoms with Crippen LogP contribution in [0.4, 0.5) is 43.9 Å². The van der Waals surface area contributed by atoms with Crippen LogP contribution in [0.15, 0.2) is 107 Å². The minimum Gasteiger partial charge on any atom is -0.537 e. The molecule has 0 saturated carbocycles. The maximum atomic E-state index is 13.9. The molecule has 26 heteroatoms. The zero-order valence-corrected chi connectivity index (χ0v) is 38.6. The van der Waals surface area contributed by atoms with Gasteiger partial charge in [0, 0.05) is 38.8 Å². The number of aromatic nitrogens is 2. The lowest BCUT2D eigenvalue weighted by Gasteiger charge is -2.12. The van der Waals surface area contributed by atoms with Crippen LogP contribution in [0.2, 0.25) is 15.2 Å². The second kappa shape index (κ2) is 21.3. The summed E-state index contributed by atoms with van der Waals surface area (Å²) < 4.78 is 197. The highest BCUT2D eigenvalue weighted by Crippen LogP contribution is 2.36. The van der Waals surface area contributed by atoms with Crippen LogP contribution < -0.4 is 13.0 Å². The van der Waals surface area contributed by atoms with Crippen LogP contribution in [0, 0.1) is 72.0 Å². The lowest BCUT2D eigenvalue weighted by Crippen LogP contribution is -2.14. The summed E-state index contributed by atoms with van der Waals surface area (Å²) in [5.41, 5.74) is 2.96. The summed E-state index contributed by atoms with van der Waals surface area (Å²) >= 11 is 17.5. The number of hydrogen-bond acceptors (Lipinski definition) is 10. The van der Waals surface area contributed by atoms with E-state index in [4.69, 9.17) is 44.5 Å². The maximum absolute atomic E-state index is 13.9. The fourth-order valence-corrected chi connectivity index (χ4v) is 8.74. The van der Waals surface area contributed by atoms with Crippen molar-refractivity contribution in [3.05, 3.63) is 182 Å². The van der Waals surface area contributed by atoms with E-state index in [-0.39, 0.29) is 5.15 Å². The summed E-state index contributed by atoms with van der Waals surface area (Å²) in [5.74, 6) is -27.0. The van der Waals surface area contributed by atoms with Gasteiger partial charge in [0.2, 0.25) is 69.7 Å². The number of halogens is 13. The van der Waals surface area contributed by atoms with E-state index in [0.29, 0.717) is 50.7 Å². The molecule has 363 valence electrons. The van der Waals surface area contributed by atoms with Crippen LogP contribution in [-0.2, 0) is 20.2 Å². The number of fused-ring (bicyclic) bond motifs is 2. The molecule has 0 spiro atoms. The topological polar surface area (TPSA) is 142 Å². The largest absolute Gasteiger partial charge is 0.569 e. The molecule has 1 N–H and O–H groups in total. The molecular weight excluding hydrogens is 1060 g/mol. The van der Waals surface area contributed by atoms with E-state index in [0.717, 1.165) is 41.0 Å². The molecule has 10 nitrogen and oxygen atoms in total. The van der Waals surface area contributed by atoms with Crippen LogP contribution in [0.3, 0.4) is 0 Å². The second-order valence-corrected chi connectivity index (χ2v) is 18.3. The van der Waals surface area contributed by atoms with E-state index in [1.54, 1.807) is 36.4 Å². The molecule has 70 heavy (non-hydrogen) atoms. The number of pyridine rings is 2. The van der Waals surface area contributed by atoms with Crippen LogP contribution >= 0.6 is 34.8 Å². The number of rotatable bonds is 9. The minimum absolute atomic E-state index is 0.0760. The first-order valence-corrected chi connectivity index (χ1v) is 22.8. The van der Waals surface area contributed by atoms with Crippen molar-refractivity contribution in [1.29, 1.82) is 0 Å². The third-order valence-corrected chi connectivity index (χ3v) is 12.7. The number of benzene rings is 6. The first-order valence-electron chi connectivity index (χ1n) is 18.9. The average Bonchev–Trinajstić information content (AvgIpc) is 3.33. The van der Waals surface area contributed by atoms with Crippen molar-refractivity contribution < 1.29 is 78.8 Å². The molecule has 0 saturated heterocycles. The van der Waals surface area contributed by atoms with Gasteiger partial charge in [-0.1, -0.05) is 46.9 Å². The predicted molar refractivity (Wildman–Crippen MR) is 237 cm³/mol. The predicted octanol–water partition coefficient (Wildman–Crippen LogP) is 12.2. The summed E-state index contributed by atoms with van der Waals surface area (Å²) in [6, 6.07) is 20.1. The molecule has 2 aromatic heterocycles. The summed E-state index contributed by atoms with van der Waals surface area (Å²) in [5, 5.41) is 11.2. The van der Waals surface area contributed by atoms with E-state index in [1.807, 2.05) is 13.8 Å². The molecule has 0 fully saturated rings.